The lowest BCUT2D eigenvalue weighted by Crippen LogP contribution is -2.60. The van der Waals surface area contributed by atoms with Crippen LogP contribution in [0, 0.1) is 6.92 Å². The summed E-state index contributed by atoms with van der Waals surface area (Å²) in [6.07, 6.45) is 1.56. The first kappa shape index (κ1) is 16.7. The van der Waals surface area contributed by atoms with Gasteiger partial charge in [0.05, 0.1) is 12.2 Å². The van der Waals surface area contributed by atoms with E-state index < -0.39 is 0 Å². The minimum absolute atomic E-state index is 0.0914. The van der Waals surface area contributed by atoms with E-state index in [-0.39, 0.29) is 11.6 Å². The first-order valence-electron chi connectivity index (χ1n) is 8.99. The maximum Gasteiger partial charge on any atom is 0.265 e. The number of likely N-dealkylation sites (N-methyl/N-ethyl adjacent to an activating group) is 1. The second kappa shape index (κ2) is 5.75. The fraction of sp³-hybridized carbons (Fsp3) is 0.412. The molecule has 5 rings (SSSR count). The molecule has 0 radical (unpaired) electrons. The third-order valence-corrected chi connectivity index (χ3v) is 5.40. The molecule has 0 unspecified atom stereocenters. The highest BCUT2D eigenvalue weighted by Crippen LogP contribution is 2.24. The van der Waals surface area contributed by atoms with Crippen LogP contribution >= 0.6 is 0 Å². The van der Waals surface area contributed by atoms with Crippen molar-refractivity contribution in [3.63, 3.8) is 0 Å². The number of fused-ring (bicyclic) bond motifs is 2. The molecule has 1 saturated heterocycles. The van der Waals surface area contributed by atoms with Crippen LogP contribution in [0.15, 0.2) is 23.1 Å². The van der Waals surface area contributed by atoms with Crippen molar-refractivity contribution in [3.05, 3.63) is 34.5 Å². The topological polar surface area (TPSA) is 102 Å². The number of aromatic nitrogens is 8. The summed E-state index contributed by atoms with van der Waals surface area (Å²) in [5, 5.41) is 17.4. The minimum Gasteiger partial charge on any atom is -0.351 e. The van der Waals surface area contributed by atoms with Crippen LogP contribution in [0.3, 0.4) is 0 Å². The molecule has 0 atom stereocenters. The molecule has 4 aromatic heterocycles. The van der Waals surface area contributed by atoms with Gasteiger partial charge in [-0.15, -0.1) is 15.3 Å². The van der Waals surface area contributed by atoms with Gasteiger partial charge in [-0.3, -0.25) is 14.0 Å². The van der Waals surface area contributed by atoms with Gasteiger partial charge in [0.25, 0.3) is 5.56 Å². The van der Waals surface area contributed by atoms with Crippen molar-refractivity contribution in [2.75, 3.05) is 29.9 Å². The van der Waals surface area contributed by atoms with Crippen molar-refractivity contribution in [3.8, 4) is 0 Å². The molecule has 1 fully saturated rings. The van der Waals surface area contributed by atoms with Crippen molar-refractivity contribution in [1.82, 2.24) is 39.1 Å². The van der Waals surface area contributed by atoms with Crippen LogP contribution in [0.5, 0.6) is 0 Å². The highest BCUT2D eigenvalue weighted by atomic mass is 16.1. The molecule has 0 saturated carbocycles. The summed E-state index contributed by atoms with van der Waals surface area (Å²) in [5.74, 6) is 2.27. The Labute approximate surface area is 159 Å². The van der Waals surface area contributed by atoms with Crippen molar-refractivity contribution < 1.29 is 0 Å². The molecule has 28 heavy (non-hydrogen) atoms. The molecule has 5 heterocycles. The molecule has 4 aromatic rings. The van der Waals surface area contributed by atoms with E-state index in [0.29, 0.717) is 17.0 Å². The average Bonchev–Trinajstić information content (AvgIpc) is 3.20. The largest absolute Gasteiger partial charge is 0.351 e. The Balaban J connectivity index is 1.40. The number of nitrogens with zero attached hydrogens (tertiary/aromatic N) is 10. The van der Waals surface area contributed by atoms with Crippen molar-refractivity contribution in [1.29, 1.82) is 0 Å². The summed E-state index contributed by atoms with van der Waals surface area (Å²) in [7, 11) is 5.50. The van der Waals surface area contributed by atoms with Crippen LogP contribution in [0.2, 0.25) is 0 Å². The highest BCUT2D eigenvalue weighted by Gasteiger charge is 2.33. The van der Waals surface area contributed by atoms with Crippen molar-refractivity contribution in [2.24, 2.45) is 14.1 Å². The van der Waals surface area contributed by atoms with Gasteiger partial charge in [0, 0.05) is 34.2 Å². The average molecular weight is 380 g/mol. The number of hydrogen-bond donors (Lipinski definition) is 0. The summed E-state index contributed by atoms with van der Waals surface area (Å²) in [5.41, 5.74) is 1.24. The molecule has 0 aliphatic carbocycles. The van der Waals surface area contributed by atoms with E-state index in [0.717, 1.165) is 30.4 Å². The zero-order valence-corrected chi connectivity index (χ0v) is 16.1. The SMILES string of the molecule is Cc1nnc2ccc(N3CC(N(C)c4nc5c(cnn5C)c(=O)n4C)C3)nn12. The lowest BCUT2D eigenvalue weighted by Gasteiger charge is -2.45. The molecule has 0 aromatic carbocycles. The predicted molar refractivity (Wildman–Crippen MR) is 104 cm³/mol. The van der Waals surface area contributed by atoms with Crippen molar-refractivity contribution >= 4 is 28.4 Å². The third kappa shape index (κ3) is 2.28. The number of hydrogen-bond acceptors (Lipinski definition) is 8. The Kier molecular flexibility index (Phi) is 3.42. The molecule has 11 nitrogen and oxygen atoms in total. The first-order chi connectivity index (χ1) is 13.4. The van der Waals surface area contributed by atoms with Gasteiger partial charge in [-0.05, 0) is 19.1 Å². The highest BCUT2D eigenvalue weighted by molar-refractivity contribution is 5.74. The molecule has 144 valence electrons. The fourth-order valence-electron chi connectivity index (χ4n) is 3.58. The second-order valence-corrected chi connectivity index (χ2v) is 7.16. The first-order valence-corrected chi connectivity index (χ1v) is 8.99. The van der Waals surface area contributed by atoms with Gasteiger partial charge in [0.15, 0.2) is 17.1 Å². The lowest BCUT2D eigenvalue weighted by molar-refractivity contribution is 0.479. The molecule has 0 bridgehead atoms. The Morgan fingerprint density at radius 2 is 1.96 bits per heavy atom. The molecular weight excluding hydrogens is 360 g/mol. The van der Waals surface area contributed by atoms with Gasteiger partial charge in [0.1, 0.15) is 11.2 Å². The number of anilines is 2. The molecule has 1 aliphatic heterocycles. The molecule has 1 aliphatic rings. The Morgan fingerprint density at radius 1 is 1.18 bits per heavy atom. The van der Waals surface area contributed by atoms with E-state index in [1.165, 1.54) is 0 Å². The van der Waals surface area contributed by atoms with Crippen LogP contribution in [0.25, 0.3) is 16.7 Å². The summed E-state index contributed by atoms with van der Waals surface area (Å²) >= 11 is 0. The van der Waals surface area contributed by atoms with Crippen LogP contribution in [0.1, 0.15) is 5.82 Å². The van der Waals surface area contributed by atoms with Gasteiger partial charge >= 0.3 is 0 Å². The number of aryl methyl sites for hydroxylation is 2. The van der Waals surface area contributed by atoms with Gasteiger partial charge in [-0.25, -0.2) is 0 Å². The molecule has 0 spiro atoms. The Morgan fingerprint density at radius 3 is 2.75 bits per heavy atom. The zero-order chi connectivity index (χ0) is 19.6. The molecule has 0 N–H and O–H groups in total. The maximum atomic E-state index is 12.6. The van der Waals surface area contributed by atoms with Gasteiger partial charge in [-0.2, -0.15) is 14.6 Å². The second-order valence-electron chi connectivity index (χ2n) is 7.16. The van der Waals surface area contributed by atoms with Crippen molar-refractivity contribution in [2.45, 2.75) is 13.0 Å². The van der Waals surface area contributed by atoms with E-state index in [1.54, 1.807) is 34.1 Å². The fourth-order valence-corrected chi connectivity index (χ4v) is 3.58. The Hall–Kier alpha value is -3.50. The smallest absolute Gasteiger partial charge is 0.265 e. The minimum atomic E-state index is -0.0914. The zero-order valence-electron chi connectivity index (χ0n) is 16.1. The maximum absolute atomic E-state index is 12.6. The van der Waals surface area contributed by atoms with Crippen LogP contribution < -0.4 is 15.4 Å². The van der Waals surface area contributed by atoms with Crippen LogP contribution in [0.4, 0.5) is 11.8 Å². The number of rotatable bonds is 3. The normalized spacial score (nSPS) is 14.8. The standard InChI is InChI=1S/C17H20N10O/c1-10-20-21-13-5-6-14(22-27(10)13)26-8-11(9-26)23(2)17-19-15-12(7-18-25(15)4)16(28)24(17)3/h5-7,11H,8-9H2,1-4H3. The van der Waals surface area contributed by atoms with Gasteiger partial charge < -0.3 is 9.80 Å². The van der Waals surface area contributed by atoms with E-state index >= 15 is 0 Å². The summed E-state index contributed by atoms with van der Waals surface area (Å²) in [6.45, 7) is 3.45. The Bertz CT molecular complexity index is 1260. The summed E-state index contributed by atoms with van der Waals surface area (Å²) < 4.78 is 4.95. The molecule has 11 heteroatoms. The van der Waals surface area contributed by atoms with Crippen LogP contribution in [-0.4, -0.2) is 65.3 Å². The van der Waals surface area contributed by atoms with E-state index in [1.807, 2.05) is 31.0 Å². The van der Waals surface area contributed by atoms with Gasteiger partial charge in [0.2, 0.25) is 5.95 Å². The predicted octanol–water partition coefficient (Wildman–Crippen LogP) is -0.262. The van der Waals surface area contributed by atoms with E-state index in [2.05, 4.69) is 30.3 Å². The molecule has 0 amide bonds. The summed E-state index contributed by atoms with van der Waals surface area (Å²) in [4.78, 5) is 21.5. The van der Waals surface area contributed by atoms with E-state index in [4.69, 9.17) is 0 Å². The third-order valence-electron chi connectivity index (χ3n) is 5.40. The lowest BCUT2D eigenvalue weighted by atomic mass is 10.1. The van der Waals surface area contributed by atoms with Gasteiger partial charge in [-0.1, -0.05) is 0 Å². The monoisotopic (exact) mass is 380 g/mol. The molecular formula is C17H20N10O. The quantitative estimate of drug-likeness (QED) is 0.479. The van der Waals surface area contributed by atoms with Crippen LogP contribution in [-0.2, 0) is 14.1 Å². The van der Waals surface area contributed by atoms with E-state index in [9.17, 15) is 4.79 Å². The summed E-state index contributed by atoms with van der Waals surface area (Å²) in [6, 6.07) is 4.10.